The molecule has 0 bridgehead atoms. The maximum absolute atomic E-state index is 12.8. The van der Waals surface area contributed by atoms with E-state index in [-0.39, 0.29) is 31.1 Å². The lowest BCUT2D eigenvalue weighted by Crippen LogP contribution is -2.30. The zero-order chi connectivity index (χ0) is 42.6. The third kappa shape index (κ3) is 45.5. The summed E-state index contributed by atoms with van der Waals surface area (Å²) in [6.45, 7) is 11.3. The van der Waals surface area contributed by atoms with Crippen molar-refractivity contribution in [1.82, 2.24) is 0 Å². The molecule has 0 aromatic carbocycles. The quantitative estimate of drug-likeness (QED) is 0.0346. The van der Waals surface area contributed by atoms with Crippen molar-refractivity contribution in [2.24, 2.45) is 11.8 Å². The predicted octanol–water partition coefficient (Wildman–Crippen LogP) is 16.5. The molecule has 6 nitrogen and oxygen atoms in total. The van der Waals surface area contributed by atoms with Crippen LogP contribution in [0.1, 0.15) is 285 Å². The van der Waals surface area contributed by atoms with E-state index in [0.717, 1.165) is 69.6 Å². The summed E-state index contributed by atoms with van der Waals surface area (Å²) in [6, 6.07) is 0. The molecular formula is C52H100O6. The zero-order valence-electron chi connectivity index (χ0n) is 39.7. The van der Waals surface area contributed by atoms with Crippen LogP contribution >= 0.6 is 0 Å². The van der Waals surface area contributed by atoms with Crippen LogP contribution in [0.25, 0.3) is 0 Å². The lowest BCUT2D eigenvalue weighted by atomic mass is 10.0. The molecule has 0 unspecified atom stereocenters. The second-order valence-electron chi connectivity index (χ2n) is 18.8. The van der Waals surface area contributed by atoms with Crippen LogP contribution in [-0.2, 0) is 28.6 Å². The average molecular weight is 821 g/mol. The maximum atomic E-state index is 12.8. The Morgan fingerprint density at radius 1 is 0.328 bits per heavy atom. The molecule has 0 rings (SSSR count). The van der Waals surface area contributed by atoms with E-state index in [1.807, 2.05) is 0 Å². The molecule has 0 fully saturated rings. The number of esters is 3. The van der Waals surface area contributed by atoms with Gasteiger partial charge in [0.05, 0.1) is 0 Å². The molecule has 0 saturated heterocycles. The molecule has 0 aliphatic carbocycles. The van der Waals surface area contributed by atoms with Gasteiger partial charge in [0.15, 0.2) is 6.10 Å². The van der Waals surface area contributed by atoms with Gasteiger partial charge in [0.2, 0.25) is 0 Å². The molecule has 0 aromatic heterocycles. The van der Waals surface area contributed by atoms with Crippen LogP contribution < -0.4 is 0 Å². The molecule has 0 aliphatic rings. The van der Waals surface area contributed by atoms with Crippen molar-refractivity contribution in [2.75, 3.05) is 13.2 Å². The summed E-state index contributed by atoms with van der Waals surface area (Å²) < 4.78 is 16.8. The minimum absolute atomic E-state index is 0.0640. The van der Waals surface area contributed by atoms with Crippen molar-refractivity contribution >= 4 is 17.9 Å². The number of carbonyl (C=O) groups is 3. The zero-order valence-corrected chi connectivity index (χ0v) is 39.7. The van der Waals surface area contributed by atoms with Gasteiger partial charge in [0, 0.05) is 19.3 Å². The average Bonchev–Trinajstić information content (AvgIpc) is 3.19. The summed E-state index contributed by atoms with van der Waals surface area (Å²) in [5.41, 5.74) is 0. The Balaban J connectivity index is 4.27. The van der Waals surface area contributed by atoms with Gasteiger partial charge >= 0.3 is 17.9 Å². The molecule has 0 N–H and O–H groups in total. The van der Waals surface area contributed by atoms with Crippen LogP contribution in [0.15, 0.2) is 0 Å². The van der Waals surface area contributed by atoms with Gasteiger partial charge in [-0.15, -0.1) is 0 Å². The van der Waals surface area contributed by atoms with Gasteiger partial charge in [-0.2, -0.15) is 0 Å². The van der Waals surface area contributed by atoms with Crippen molar-refractivity contribution in [3.05, 3.63) is 0 Å². The van der Waals surface area contributed by atoms with Crippen molar-refractivity contribution < 1.29 is 28.6 Å². The Morgan fingerprint density at radius 2 is 0.569 bits per heavy atom. The standard InChI is InChI=1S/C52H100O6/c1-6-7-8-9-10-11-17-21-27-32-37-42-50(53)56-45-49(46-57-51(54)43-38-33-28-24-23-26-31-36-41-48(4)5)58-52(55)44-39-34-29-22-19-16-14-12-13-15-18-20-25-30-35-40-47(2)3/h47-49H,6-46H2,1-5H3/t49-/m1/s1. The van der Waals surface area contributed by atoms with E-state index in [4.69, 9.17) is 14.2 Å². The van der Waals surface area contributed by atoms with Gasteiger partial charge in [0.1, 0.15) is 13.2 Å². The first kappa shape index (κ1) is 56.4. The minimum atomic E-state index is -0.761. The Bertz CT molecular complexity index is 885. The SMILES string of the molecule is CCCCCCCCCCCCCC(=O)OC[C@H](COC(=O)CCCCCCCCCCC(C)C)OC(=O)CCCCCCCCCCCCCCCCCC(C)C. The highest BCUT2D eigenvalue weighted by Gasteiger charge is 2.19. The van der Waals surface area contributed by atoms with Gasteiger partial charge in [-0.05, 0) is 31.1 Å². The second kappa shape index (κ2) is 44.9. The molecule has 0 saturated carbocycles. The van der Waals surface area contributed by atoms with E-state index < -0.39 is 6.10 Å². The van der Waals surface area contributed by atoms with Gasteiger partial charge in [-0.3, -0.25) is 14.4 Å². The highest BCUT2D eigenvalue weighted by molar-refractivity contribution is 5.71. The second-order valence-corrected chi connectivity index (χ2v) is 18.8. The summed E-state index contributed by atoms with van der Waals surface area (Å²) in [6.07, 6.45) is 45.2. The Hall–Kier alpha value is -1.59. The normalized spacial score (nSPS) is 12.1. The van der Waals surface area contributed by atoms with Gasteiger partial charge in [-0.25, -0.2) is 0 Å². The van der Waals surface area contributed by atoms with Crippen molar-refractivity contribution in [1.29, 1.82) is 0 Å². The van der Waals surface area contributed by atoms with Crippen LogP contribution in [0.4, 0.5) is 0 Å². The first-order valence-electron chi connectivity index (χ1n) is 25.7. The molecule has 1 atom stereocenters. The fourth-order valence-electron chi connectivity index (χ4n) is 7.81. The summed E-state index contributed by atoms with van der Waals surface area (Å²) in [4.78, 5) is 37.9. The number of rotatable bonds is 46. The summed E-state index contributed by atoms with van der Waals surface area (Å²) in [7, 11) is 0. The van der Waals surface area contributed by atoms with Crippen molar-refractivity contribution in [3.63, 3.8) is 0 Å². The maximum Gasteiger partial charge on any atom is 0.306 e. The van der Waals surface area contributed by atoms with Crippen molar-refractivity contribution in [2.45, 2.75) is 291 Å². The van der Waals surface area contributed by atoms with E-state index in [1.54, 1.807) is 0 Å². The molecule has 58 heavy (non-hydrogen) atoms. The molecule has 0 aliphatic heterocycles. The molecule has 0 heterocycles. The number of carbonyl (C=O) groups excluding carboxylic acids is 3. The smallest absolute Gasteiger partial charge is 0.306 e. The Kier molecular flexibility index (Phi) is 43.7. The third-order valence-corrected chi connectivity index (χ3v) is 11.7. The number of ether oxygens (including phenoxy) is 3. The number of hydrogen-bond acceptors (Lipinski definition) is 6. The predicted molar refractivity (Wildman–Crippen MR) is 247 cm³/mol. The lowest BCUT2D eigenvalue weighted by Gasteiger charge is -2.18. The molecule has 0 radical (unpaired) electrons. The van der Waals surface area contributed by atoms with Crippen LogP contribution in [0.5, 0.6) is 0 Å². The molecule has 344 valence electrons. The topological polar surface area (TPSA) is 78.9 Å². The first-order valence-corrected chi connectivity index (χ1v) is 25.7. The molecule has 6 heteroatoms. The summed E-state index contributed by atoms with van der Waals surface area (Å²) in [5, 5.41) is 0. The van der Waals surface area contributed by atoms with Gasteiger partial charge < -0.3 is 14.2 Å². The number of unbranched alkanes of at least 4 members (excludes halogenated alkanes) is 31. The van der Waals surface area contributed by atoms with Crippen LogP contribution in [0, 0.1) is 11.8 Å². The summed E-state index contributed by atoms with van der Waals surface area (Å²) in [5.74, 6) is 0.794. The van der Waals surface area contributed by atoms with E-state index in [0.29, 0.717) is 19.3 Å². The molecule has 0 aromatic rings. The fraction of sp³-hybridized carbons (Fsp3) is 0.942. The highest BCUT2D eigenvalue weighted by Crippen LogP contribution is 2.17. The van der Waals surface area contributed by atoms with E-state index in [2.05, 4.69) is 34.6 Å². The number of hydrogen-bond donors (Lipinski definition) is 0. The Morgan fingerprint density at radius 3 is 0.845 bits per heavy atom. The van der Waals surface area contributed by atoms with Crippen LogP contribution in [0.3, 0.4) is 0 Å². The van der Waals surface area contributed by atoms with E-state index in [1.165, 1.54) is 173 Å². The monoisotopic (exact) mass is 821 g/mol. The minimum Gasteiger partial charge on any atom is -0.462 e. The highest BCUT2D eigenvalue weighted by atomic mass is 16.6. The van der Waals surface area contributed by atoms with Gasteiger partial charge in [0.25, 0.3) is 0 Å². The van der Waals surface area contributed by atoms with E-state index in [9.17, 15) is 14.4 Å². The van der Waals surface area contributed by atoms with Crippen LogP contribution in [-0.4, -0.2) is 37.2 Å². The first-order chi connectivity index (χ1) is 28.2. The molecule has 0 spiro atoms. The molecular weight excluding hydrogens is 721 g/mol. The fourth-order valence-corrected chi connectivity index (χ4v) is 7.81. The molecule has 0 amide bonds. The third-order valence-electron chi connectivity index (χ3n) is 11.7. The van der Waals surface area contributed by atoms with E-state index >= 15 is 0 Å². The Labute approximate surface area is 361 Å². The van der Waals surface area contributed by atoms with Crippen molar-refractivity contribution in [3.8, 4) is 0 Å². The largest absolute Gasteiger partial charge is 0.462 e. The summed E-state index contributed by atoms with van der Waals surface area (Å²) >= 11 is 0. The van der Waals surface area contributed by atoms with Gasteiger partial charge in [-0.1, -0.05) is 247 Å². The van der Waals surface area contributed by atoms with Crippen LogP contribution in [0.2, 0.25) is 0 Å². The lowest BCUT2D eigenvalue weighted by molar-refractivity contribution is -0.167.